The van der Waals surface area contributed by atoms with Gasteiger partial charge in [-0.3, -0.25) is 4.79 Å². The molecule has 0 radical (unpaired) electrons. The molecule has 0 heterocycles. The first-order valence-corrected chi connectivity index (χ1v) is 5.73. The van der Waals surface area contributed by atoms with E-state index in [0.29, 0.717) is 0 Å². The maximum absolute atomic E-state index is 11.7. The first-order chi connectivity index (χ1) is 9.15. The van der Waals surface area contributed by atoms with E-state index in [-0.39, 0.29) is 31.0 Å². The molecule has 0 spiro atoms. The van der Waals surface area contributed by atoms with Crippen LogP contribution in [0.25, 0.3) is 0 Å². The number of benzene rings is 1. The first-order valence-electron chi connectivity index (χ1n) is 5.73. The summed E-state index contributed by atoms with van der Waals surface area (Å²) < 4.78 is 4.68. The van der Waals surface area contributed by atoms with E-state index in [1.807, 2.05) is 0 Å². The number of hydrogen-bond donors (Lipinski definition) is 3. The van der Waals surface area contributed by atoms with Gasteiger partial charge in [0.1, 0.15) is 12.4 Å². The minimum atomic E-state index is -0.572. The summed E-state index contributed by atoms with van der Waals surface area (Å²) in [7, 11) is 0. The molecule has 0 bridgehead atoms. The van der Waals surface area contributed by atoms with Crippen LogP contribution in [0.4, 0.5) is 4.79 Å². The molecular weight excluding hydrogens is 248 g/mol. The zero-order valence-electron chi connectivity index (χ0n) is 10.4. The highest BCUT2D eigenvalue weighted by Crippen LogP contribution is 2.14. The average Bonchev–Trinajstić information content (AvgIpc) is 2.41. The van der Waals surface area contributed by atoms with Crippen LogP contribution in [0, 0.1) is 0 Å². The molecule has 0 fully saturated rings. The molecule has 19 heavy (non-hydrogen) atoms. The van der Waals surface area contributed by atoms with Gasteiger partial charge in [0.2, 0.25) is 0 Å². The maximum Gasteiger partial charge on any atom is 0.407 e. The molecule has 0 unspecified atom stereocenters. The molecule has 1 aromatic rings. The van der Waals surface area contributed by atoms with E-state index in [1.54, 1.807) is 12.1 Å². The van der Waals surface area contributed by atoms with Crippen LogP contribution >= 0.6 is 0 Å². The predicted octanol–water partition coefficient (Wildman–Crippen LogP) is 1.03. The van der Waals surface area contributed by atoms with E-state index in [2.05, 4.69) is 21.9 Å². The number of hydrogen-bond acceptors (Lipinski definition) is 4. The lowest BCUT2D eigenvalue weighted by Gasteiger charge is -2.07. The van der Waals surface area contributed by atoms with Crippen molar-refractivity contribution in [2.24, 2.45) is 0 Å². The van der Waals surface area contributed by atoms with Crippen LogP contribution in [0.15, 0.2) is 36.9 Å². The van der Waals surface area contributed by atoms with Gasteiger partial charge in [-0.05, 0) is 12.1 Å². The molecule has 0 saturated carbocycles. The topological polar surface area (TPSA) is 87.7 Å². The monoisotopic (exact) mass is 264 g/mol. The van der Waals surface area contributed by atoms with E-state index in [1.165, 1.54) is 18.2 Å². The first kappa shape index (κ1) is 14.6. The number of alkyl carbamates (subject to hydrolysis) is 1. The molecule has 6 nitrogen and oxygen atoms in total. The number of aromatic hydroxyl groups is 1. The van der Waals surface area contributed by atoms with Crippen molar-refractivity contribution in [2.75, 3.05) is 19.7 Å². The number of ether oxygens (including phenoxy) is 1. The smallest absolute Gasteiger partial charge is 0.407 e. The van der Waals surface area contributed by atoms with Crippen molar-refractivity contribution < 1.29 is 19.4 Å². The van der Waals surface area contributed by atoms with Gasteiger partial charge < -0.3 is 20.5 Å². The summed E-state index contributed by atoms with van der Waals surface area (Å²) in [5.41, 5.74) is 0.191. The van der Waals surface area contributed by atoms with Crippen LogP contribution < -0.4 is 10.6 Å². The SMILES string of the molecule is C=CCOC(=O)NCCNC(=O)c1ccccc1O. The van der Waals surface area contributed by atoms with Crippen LogP contribution in [0.1, 0.15) is 10.4 Å². The summed E-state index contributed by atoms with van der Waals surface area (Å²) in [5.74, 6) is -0.488. The lowest BCUT2D eigenvalue weighted by Crippen LogP contribution is -2.35. The van der Waals surface area contributed by atoms with Crippen molar-refractivity contribution in [1.82, 2.24) is 10.6 Å². The predicted molar refractivity (Wildman–Crippen MR) is 70.0 cm³/mol. The fourth-order valence-corrected chi connectivity index (χ4v) is 1.29. The quantitative estimate of drug-likeness (QED) is 0.529. The van der Waals surface area contributed by atoms with E-state index >= 15 is 0 Å². The largest absolute Gasteiger partial charge is 0.507 e. The normalized spacial score (nSPS) is 9.47. The van der Waals surface area contributed by atoms with Gasteiger partial charge in [-0.1, -0.05) is 24.8 Å². The van der Waals surface area contributed by atoms with Crippen molar-refractivity contribution >= 4 is 12.0 Å². The summed E-state index contributed by atoms with van der Waals surface area (Å²) in [6.45, 7) is 4.01. The Kier molecular flexibility index (Phi) is 5.94. The Morgan fingerprint density at radius 1 is 1.26 bits per heavy atom. The van der Waals surface area contributed by atoms with Crippen molar-refractivity contribution in [3.63, 3.8) is 0 Å². The Morgan fingerprint density at radius 2 is 1.95 bits per heavy atom. The number of phenols is 1. The van der Waals surface area contributed by atoms with Crippen molar-refractivity contribution in [2.45, 2.75) is 0 Å². The number of para-hydroxylation sites is 1. The Bertz CT molecular complexity index is 460. The standard InChI is InChI=1S/C13H16N2O4/c1-2-9-19-13(18)15-8-7-14-12(17)10-5-3-4-6-11(10)16/h2-6,16H,1,7-9H2,(H,14,17)(H,15,18). The van der Waals surface area contributed by atoms with Gasteiger partial charge in [0.15, 0.2) is 0 Å². The highest BCUT2D eigenvalue weighted by molar-refractivity contribution is 5.96. The molecule has 1 rings (SSSR count). The molecule has 1 aromatic carbocycles. The summed E-state index contributed by atoms with van der Waals surface area (Å²) >= 11 is 0. The molecule has 0 aromatic heterocycles. The minimum absolute atomic E-state index is 0.0849. The number of carbonyl (C=O) groups excluding carboxylic acids is 2. The van der Waals surface area contributed by atoms with Crippen LogP contribution in [0.2, 0.25) is 0 Å². The van der Waals surface area contributed by atoms with E-state index in [4.69, 9.17) is 0 Å². The van der Waals surface area contributed by atoms with E-state index in [9.17, 15) is 14.7 Å². The van der Waals surface area contributed by atoms with Crippen molar-refractivity contribution in [3.05, 3.63) is 42.5 Å². The molecular formula is C13H16N2O4. The molecule has 0 saturated heterocycles. The zero-order chi connectivity index (χ0) is 14.1. The van der Waals surface area contributed by atoms with Crippen molar-refractivity contribution in [3.8, 4) is 5.75 Å². The van der Waals surface area contributed by atoms with E-state index in [0.717, 1.165) is 0 Å². The molecule has 0 aliphatic carbocycles. The Hall–Kier alpha value is -2.50. The van der Waals surface area contributed by atoms with Crippen LogP contribution in [-0.2, 0) is 4.74 Å². The van der Waals surface area contributed by atoms with E-state index < -0.39 is 12.0 Å². The molecule has 0 aliphatic rings. The minimum Gasteiger partial charge on any atom is -0.507 e. The third-order valence-corrected chi connectivity index (χ3v) is 2.16. The molecule has 0 atom stereocenters. The molecule has 102 valence electrons. The second-order valence-corrected chi connectivity index (χ2v) is 3.59. The fourth-order valence-electron chi connectivity index (χ4n) is 1.29. The molecule has 3 N–H and O–H groups in total. The number of amides is 2. The maximum atomic E-state index is 11.7. The highest BCUT2D eigenvalue weighted by Gasteiger charge is 2.09. The zero-order valence-corrected chi connectivity index (χ0v) is 10.4. The van der Waals surface area contributed by atoms with Crippen LogP contribution in [0.3, 0.4) is 0 Å². The summed E-state index contributed by atoms with van der Waals surface area (Å²) in [4.78, 5) is 22.7. The van der Waals surface area contributed by atoms with Crippen LogP contribution in [0.5, 0.6) is 5.75 Å². The van der Waals surface area contributed by atoms with Gasteiger partial charge in [0.05, 0.1) is 5.56 Å². The Labute approximate surface area is 111 Å². The lowest BCUT2D eigenvalue weighted by molar-refractivity contribution is 0.0950. The third-order valence-electron chi connectivity index (χ3n) is 2.16. The molecule has 0 aliphatic heterocycles. The second-order valence-electron chi connectivity index (χ2n) is 3.59. The number of nitrogens with one attached hydrogen (secondary N) is 2. The lowest BCUT2D eigenvalue weighted by atomic mass is 10.2. The Balaban J connectivity index is 2.26. The number of carbonyl (C=O) groups is 2. The number of rotatable bonds is 6. The van der Waals surface area contributed by atoms with Gasteiger partial charge in [0, 0.05) is 13.1 Å². The summed E-state index contributed by atoms with van der Waals surface area (Å²) in [5, 5.41) is 14.5. The third kappa shape index (κ3) is 5.12. The molecule has 2 amide bonds. The van der Waals surface area contributed by atoms with Crippen molar-refractivity contribution in [1.29, 1.82) is 0 Å². The number of phenolic OH excluding ortho intramolecular Hbond substituents is 1. The van der Waals surface area contributed by atoms with Gasteiger partial charge in [-0.15, -0.1) is 0 Å². The Morgan fingerprint density at radius 3 is 2.63 bits per heavy atom. The summed E-state index contributed by atoms with van der Waals surface area (Å²) in [6, 6.07) is 6.22. The summed E-state index contributed by atoms with van der Waals surface area (Å²) in [6.07, 6.45) is 0.885. The van der Waals surface area contributed by atoms with Gasteiger partial charge >= 0.3 is 6.09 Å². The second kappa shape index (κ2) is 7.75. The van der Waals surface area contributed by atoms with Gasteiger partial charge in [-0.25, -0.2) is 4.79 Å². The fraction of sp³-hybridized carbons (Fsp3) is 0.231. The van der Waals surface area contributed by atoms with Gasteiger partial charge in [0.25, 0.3) is 5.91 Å². The van der Waals surface area contributed by atoms with Gasteiger partial charge in [-0.2, -0.15) is 0 Å². The molecule has 6 heteroatoms. The highest BCUT2D eigenvalue weighted by atomic mass is 16.5. The van der Waals surface area contributed by atoms with Crippen LogP contribution in [-0.4, -0.2) is 36.8 Å². The average molecular weight is 264 g/mol.